The normalized spacial score (nSPS) is 10.9. The number of rotatable bonds is 7. The van der Waals surface area contributed by atoms with Crippen molar-refractivity contribution in [2.75, 3.05) is 12.0 Å². The van der Waals surface area contributed by atoms with Gasteiger partial charge in [0.25, 0.3) is 5.91 Å². The lowest BCUT2D eigenvalue weighted by molar-refractivity contribution is 0.0985. The molecule has 0 atom stereocenters. The second kappa shape index (κ2) is 10.1. The van der Waals surface area contributed by atoms with Crippen molar-refractivity contribution in [3.8, 4) is 5.75 Å². The maximum Gasteiger partial charge on any atom is 0.260 e. The number of fused-ring (bicyclic) bond motifs is 1. The van der Waals surface area contributed by atoms with E-state index in [1.165, 1.54) is 16.9 Å². The van der Waals surface area contributed by atoms with Gasteiger partial charge in [0.15, 0.2) is 5.13 Å². The molecule has 0 N–H and O–H groups in total. The van der Waals surface area contributed by atoms with Crippen LogP contribution in [0, 0.1) is 6.92 Å². The predicted molar refractivity (Wildman–Crippen MR) is 141 cm³/mol. The highest BCUT2D eigenvalue weighted by atomic mass is 32.1. The summed E-state index contributed by atoms with van der Waals surface area (Å²) in [6, 6.07) is 27.8. The lowest BCUT2D eigenvalue weighted by Crippen LogP contribution is -2.30. The van der Waals surface area contributed by atoms with Crippen molar-refractivity contribution in [1.29, 1.82) is 0 Å². The van der Waals surface area contributed by atoms with Crippen LogP contribution in [0.15, 0.2) is 91.1 Å². The zero-order chi connectivity index (χ0) is 24.2. The average Bonchev–Trinajstić information content (AvgIpc) is 3.35. The molecular weight excluding hydrogens is 454 g/mol. The van der Waals surface area contributed by atoms with Crippen LogP contribution >= 0.6 is 11.3 Å². The molecule has 6 heteroatoms. The minimum Gasteiger partial charge on any atom is -0.494 e. The summed E-state index contributed by atoms with van der Waals surface area (Å²) in [5.41, 5.74) is 5.67. The van der Waals surface area contributed by atoms with Crippen LogP contribution in [0.2, 0.25) is 0 Å². The van der Waals surface area contributed by atoms with Crippen LogP contribution in [0.5, 0.6) is 5.75 Å². The number of aromatic nitrogens is 2. The third-order valence-corrected chi connectivity index (χ3v) is 7.10. The molecule has 2 heterocycles. The number of hydrogen-bond acceptors (Lipinski definition) is 5. The third kappa shape index (κ3) is 4.93. The quantitative estimate of drug-likeness (QED) is 0.269. The topological polar surface area (TPSA) is 55.3 Å². The van der Waals surface area contributed by atoms with E-state index in [1.54, 1.807) is 18.2 Å². The average molecular weight is 480 g/mol. The van der Waals surface area contributed by atoms with E-state index in [9.17, 15) is 4.79 Å². The van der Waals surface area contributed by atoms with Crippen LogP contribution in [-0.4, -0.2) is 23.0 Å². The van der Waals surface area contributed by atoms with Crippen LogP contribution in [0.3, 0.4) is 0 Å². The molecule has 5 nitrogen and oxygen atoms in total. The minimum atomic E-state index is -0.113. The highest BCUT2D eigenvalue weighted by molar-refractivity contribution is 7.22. The molecule has 5 aromatic rings. The van der Waals surface area contributed by atoms with E-state index < -0.39 is 0 Å². The maximum absolute atomic E-state index is 13.8. The molecule has 2 aromatic heterocycles. The Morgan fingerprint density at radius 2 is 1.66 bits per heavy atom. The Morgan fingerprint density at radius 3 is 2.37 bits per heavy atom. The monoisotopic (exact) mass is 479 g/mol. The van der Waals surface area contributed by atoms with E-state index in [0.717, 1.165) is 33.5 Å². The van der Waals surface area contributed by atoms with E-state index in [-0.39, 0.29) is 5.91 Å². The predicted octanol–water partition coefficient (Wildman–Crippen LogP) is 6.45. The van der Waals surface area contributed by atoms with Gasteiger partial charge < -0.3 is 4.74 Å². The van der Waals surface area contributed by atoms with E-state index >= 15 is 0 Å². The number of carbonyl (C=O) groups excluding carboxylic acids is 1. The number of nitrogens with zero attached hydrogens (tertiary/aromatic N) is 3. The van der Waals surface area contributed by atoms with Gasteiger partial charge in [0, 0.05) is 11.8 Å². The SMILES string of the molecule is COc1ccc(C)c2sc(N(Cc3ccccn3)C(=O)c3ccc(Cc4ccccc4)cc3)nc12. The molecule has 0 spiro atoms. The van der Waals surface area contributed by atoms with Crippen molar-refractivity contribution < 1.29 is 9.53 Å². The molecule has 35 heavy (non-hydrogen) atoms. The minimum absolute atomic E-state index is 0.113. The largest absolute Gasteiger partial charge is 0.494 e. The fraction of sp³-hybridized carbons (Fsp3) is 0.138. The van der Waals surface area contributed by atoms with Crippen LogP contribution < -0.4 is 9.64 Å². The zero-order valence-electron chi connectivity index (χ0n) is 19.6. The first-order valence-electron chi connectivity index (χ1n) is 11.4. The van der Waals surface area contributed by atoms with Crippen LogP contribution in [0.25, 0.3) is 10.2 Å². The van der Waals surface area contributed by atoms with E-state index in [1.807, 2.05) is 79.7 Å². The molecule has 0 fully saturated rings. The molecule has 0 radical (unpaired) electrons. The molecular formula is C29H25N3O2S. The Labute approximate surface area is 208 Å². The Morgan fingerprint density at radius 1 is 0.914 bits per heavy atom. The molecule has 0 saturated heterocycles. The zero-order valence-corrected chi connectivity index (χ0v) is 20.5. The first-order valence-corrected chi connectivity index (χ1v) is 12.2. The molecule has 174 valence electrons. The van der Waals surface area contributed by atoms with Gasteiger partial charge in [-0.25, -0.2) is 4.98 Å². The van der Waals surface area contributed by atoms with Gasteiger partial charge in [0.2, 0.25) is 0 Å². The molecule has 5 rings (SSSR count). The summed E-state index contributed by atoms with van der Waals surface area (Å²) >= 11 is 1.49. The second-order valence-corrected chi connectivity index (χ2v) is 9.31. The Hall–Kier alpha value is -4.03. The summed E-state index contributed by atoms with van der Waals surface area (Å²) in [5, 5.41) is 0.622. The van der Waals surface area contributed by atoms with Gasteiger partial charge in [-0.1, -0.05) is 65.9 Å². The number of benzene rings is 3. The number of amides is 1. The highest BCUT2D eigenvalue weighted by Gasteiger charge is 2.23. The van der Waals surface area contributed by atoms with Gasteiger partial charge >= 0.3 is 0 Å². The van der Waals surface area contributed by atoms with Gasteiger partial charge in [-0.05, 0) is 60.4 Å². The number of methoxy groups -OCH3 is 1. The van der Waals surface area contributed by atoms with E-state index in [2.05, 4.69) is 17.1 Å². The summed E-state index contributed by atoms with van der Waals surface area (Å²) < 4.78 is 6.54. The Balaban J connectivity index is 1.49. The number of pyridine rings is 1. The summed E-state index contributed by atoms with van der Waals surface area (Å²) in [7, 11) is 1.64. The van der Waals surface area contributed by atoms with Crippen LogP contribution in [-0.2, 0) is 13.0 Å². The number of carbonyl (C=O) groups is 1. The summed E-state index contributed by atoms with van der Waals surface area (Å²) in [5.74, 6) is 0.584. The molecule has 3 aromatic carbocycles. The van der Waals surface area contributed by atoms with Crippen molar-refractivity contribution in [3.05, 3.63) is 119 Å². The standard InChI is InChI=1S/C29H25N3O2S/c1-20-11-16-25(34-2)26-27(20)35-29(31-26)32(19-24-10-6-7-17-30-24)28(33)23-14-12-22(13-15-23)18-21-8-4-3-5-9-21/h3-17H,18-19H2,1-2H3. The van der Waals surface area contributed by atoms with E-state index in [4.69, 9.17) is 9.72 Å². The first kappa shape index (κ1) is 22.7. The van der Waals surface area contributed by atoms with Gasteiger partial charge in [-0.3, -0.25) is 14.7 Å². The maximum atomic E-state index is 13.8. The molecule has 0 bridgehead atoms. The molecule has 1 amide bonds. The number of hydrogen-bond donors (Lipinski definition) is 0. The fourth-order valence-corrected chi connectivity index (χ4v) is 5.06. The van der Waals surface area contributed by atoms with Crippen molar-refractivity contribution >= 4 is 32.6 Å². The number of ether oxygens (including phenoxy) is 1. The van der Waals surface area contributed by atoms with Gasteiger partial charge in [-0.15, -0.1) is 0 Å². The molecule has 0 aliphatic heterocycles. The second-order valence-electron chi connectivity index (χ2n) is 8.33. The van der Waals surface area contributed by atoms with Crippen LogP contribution in [0.4, 0.5) is 5.13 Å². The first-order chi connectivity index (χ1) is 17.1. The van der Waals surface area contributed by atoms with Crippen molar-refractivity contribution in [1.82, 2.24) is 9.97 Å². The fourth-order valence-electron chi connectivity index (χ4n) is 4.01. The number of aryl methyl sites for hydroxylation is 1. The highest BCUT2D eigenvalue weighted by Crippen LogP contribution is 2.37. The number of anilines is 1. The summed E-state index contributed by atoms with van der Waals surface area (Å²) in [6.07, 6.45) is 2.56. The van der Waals surface area contributed by atoms with Crippen molar-refractivity contribution in [2.45, 2.75) is 19.9 Å². The van der Waals surface area contributed by atoms with Gasteiger partial charge in [-0.2, -0.15) is 0 Å². The van der Waals surface area contributed by atoms with E-state index in [0.29, 0.717) is 23.0 Å². The molecule has 0 aliphatic rings. The number of thiazole rings is 1. The van der Waals surface area contributed by atoms with Crippen LogP contribution in [0.1, 0.15) is 32.7 Å². The molecule has 0 aliphatic carbocycles. The lowest BCUT2D eigenvalue weighted by Gasteiger charge is -2.20. The smallest absolute Gasteiger partial charge is 0.260 e. The Kier molecular flexibility index (Phi) is 6.55. The lowest BCUT2D eigenvalue weighted by atomic mass is 10.0. The molecule has 0 saturated carbocycles. The summed E-state index contributed by atoms with van der Waals surface area (Å²) in [6.45, 7) is 2.37. The van der Waals surface area contributed by atoms with Gasteiger partial charge in [0.05, 0.1) is 24.0 Å². The molecule has 0 unspecified atom stereocenters. The summed E-state index contributed by atoms with van der Waals surface area (Å²) in [4.78, 5) is 24.8. The van der Waals surface area contributed by atoms with Gasteiger partial charge in [0.1, 0.15) is 11.3 Å². The van der Waals surface area contributed by atoms with Crippen molar-refractivity contribution in [3.63, 3.8) is 0 Å². The van der Waals surface area contributed by atoms with Crippen molar-refractivity contribution in [2.24, 2.45) is 0 Å². The third-order valence-electron chi connectivity index (χ3n) is 5.89. The Bertz CT molecular complexity index is 1450.